The molecule has 0 atom stereocenters. The molecule has 2 aromatic carbocycles. The van der Waals surface area contributed by atoms with Crippen LogP contribution in [0.4, 0.5) is 18.9 Å². The van der Waals surface area contributed by atoms with Gasteiger partial charge >= 0.3 is 12.3 Å². The van der Waals surface area contributed by atoms with Crippen LogP contribution < -0.4 is 15.4 Å². The smallest absolute Gasteiger partial charge is 0.481 e. The number of aliphatic carboxylic acids is 1. The van der Waals surface area contributed by atoms with Gasteiger partial charge in [-0.2, -0.15) is 0 Å². The summed E-state index contributed by atoms with van der Waals surface area (Å²) in [6, 6.07) is 12.6. The first-order chi connectivity index (χ1) is 17.1. The number of benzene rings is 2. The number of carbonyl (C=O) groups is 3. The molecule has 0 heterocycles. The van der Waals surface area contributed by atoms with Crippen LogP contribution in [-0.2, 0) is 20.8 Å². The van der Waals surface area contributed by atoms with Crippen LogP contribution in [0.3, 0.4) is 0 Å². The number of carboxylic acids is 1. The fraction of sp³-hybridized carbons (Fsp3) is 0.423. The Morgan fingerprint density at radius 3 is 2.14 bits per heavy atom. The molecule has 194 valence electrons. The number of rotatable bonds is 10. The van der Waals surface area contributed by atoms with Crippen LogP contribution in [0.25, 0.3) is 0 Å². The van der Waals surface area contributed by atoms with Crippen molar-refractivity contribution in [3.05, 3.63) is 59.7 Å². The summed E-state index contributed by atoms with van der Waals surface area (Å²) < 4.78 is 40.4. The number of halogens is 3. The maximum Gasteiger partial charge on any atom is 0.573 e. The van der Waals surface area contributed by atoms with Crippen molar-refractivity contribution in [2.24, 2.45) is 5.92 Å². The highest BCUT2D eigenvalue weighted by molar-refractivity contribution is 5.91. The lowest BCUT2D eigenvalue weighted by atomic mass is 9.77. The van der Waals surface area contributed by atoms with E-state index in [1.165, 1.54) is 17.7 Å². The quantitative estimate of drug-likeness (QED) is 0.420. The van der Waals surface area contributed by atoms with Gasteiger partial charge in [0.25, 0.3) is 0 Å². The van der Waals surface area contributed by atoms with Crippen LogP contribution in [0, 0.1) is 5.92 Å². The van der Waals surface area contributed by atoms with Gasteiger partial charge in [-0.1, -0.05) is 24.3 Å². The topological polar surface area (TPSA) is 105 Å². The molecule has 0 bridgehead atoms. The van der Waals surface area contributed by atoms with E-state index in [9.17, 15) is 27.6 Å². The molecule has 0 saturated heterocycles. The molecule has 0 spiro atoms. The Hall–Kier alpha value is -3.56. The molecule has 2 aromatic rings. The van der Waals surface area contributed by atoms with Crippen LogP contribution >= 0.6 is 0 Å². The molecule has 1 aliphatic carbocycles. The summed E-state index contributed by atoms with van der Waals surface area (Å²) in [5.74, 6) is -1.08. The van der Waals surface area contributed by atoms with Crippen molar-refractivity contribution < 1.29 is 37.4 Å². The zero-order valence-electron chi connectivity index (χ0n) is 19.6. The summed E-state index contributed by atoms with van der Waals surface area (Å²) in [7, 11) is 0. The number of amides is 2. The van der Waals surface area contributed by atoms with E-state index in [1.807, 2.05) is 24.3 Å². The third-order valence-electron chi connectivity index (χ3n) is 6.17. The molecule has 1 saturated carbocycles. The summed E-state index contributed by atoms with van der Waals surface area (Å²) in [6.45, 7) is 0.123. The lowest BCUT2D eigenvalue weighted by Gasteiger charge is -2.28. The second-order valence-electron chi connectivity index (χ2n) is 8.95. The minimum Gasteiger partial charge on any atom is -0.481 e. The normalized spacial score (nSPS) is 17.8. The second kappa shape index (κ2) is 12.4. The molecular weight excluding hydrogens is 477 g/mol. The van der Waals surface area contributed by atoms with Crippen LogP contribution in [0.5, 0.6) is 5.75 Å². The summed E-state index contributed by atoms with van der Waals surface area (Å²) in [5.41, 5.74) is 2.34. The average molecular weight is 507 g/mol. The van der Waals surface area contributed by atoms with Gasteiger partial charge in [0.05, 0.1) is 6.42 Å². The summed E-state index contributed by atoms with van der Waals surface area (Å²) in [4.78, 5) is 35.1. The van der Waals surface area contributed by atoms with Crippen molar-refractivity contribution in [3.63, 3.8) is 0 Å². The predicted molar refractivity (Wildman–Crippen MR) is 126 cm³/mol. The second-order valence-corrected chi connectivity index (χ2v) is 8.95. The maximum absolute atomic E-state index is 12.2. The van der Waals surface area contributed by atoms with E-state index in [1.54, 1.807) is 0 Å². The van der Waals surface area contributed by atoms with Crippen molar-refractivity contribution >= 4 is 23.5 Å². The average Bonchev–Trinajstić information content (AvgIpc) is 2.80. The molecule has 3 N–H and O–H groups in total. The van der Waals surface area contributed by atoms with Gasteiger partial charge < -0.3 is 20.5 Å². The first kappa shape index (κ1) is 27.0. The molecule has 1 aliphatic rings. The molecular formula is C26H29F3N2O5. The first-order valence-corrected chi connectivity index (χ1v) is 11.8. The third-order valence-corrected chi connectivity index (χ3v) is 6.17. The predicted octanol–water partition coefficient (Wildman–Crippen LogP) is 5.02. The van der Waals surface area contributed by atoms with Gasteiger partial charge in [0.1, 0.15) is 5.75 Å². The molecule has 3 rings (SSSR count). The number of ether oxygens (including phenoxy) is 1. The Morgan fingerprint density at radius 2 is 1.56 bits per heavy atom. The van der Waals surface area contributed by atoms with Crippen molar-refractivity contribution in [3.8, 4) is 5.75 Å². The van der Waals surface area contributed by atoms with Gasteiger partial charge in [0.15, 0.2) is 0 Å². The summed E-state index contributed by atoms with van der Waals surface area (Å²) >= 11 is 0. The van der Waals surface area contributed by atoms with E-state index in [0.717, 1.165) is 37.8 Å². The van der Waals surface area contributed by atoms with Gasteiger partial charge in [-0.05, 0) is 72.9 Å². The maximum atomic E-state index is 12.2. The number of anilines is 1. The SMILES string of the molecule is O=C(O)CC1CCC(c2ccc(NC(=O)CCNC(=O)Cc3ccc(OC(F)(F)F)cc3)cc2)CC1. The van der Waals surface area contributed by atoms with Gasteiger partial charge in [-0.15, -0.1) is 13.2 Å². The molecule has 0 aromatic heterocycles. The molecule has 0 unspecified atom stereocenters. The Kier molecular flexibility index (Phi) is 9.32. The largest absolute Gasteiger partial charge is 0.573 e. The zero-order valence-corrected chi connectivity index (χ0v) is 19.6. The van der Waals surface area contributed by atoms with Gasteiger partial charge in [-0.3, -0.25) is 14.4 Å². The van der Waals surface area contributed by atoms with E-state index in [0.29, 0.717) is 17.2 Å². The summed E-state index contributed by atoms with van der Waals surface area (Å²) in [6.07, 6.45) is -0.799. The van der Waals surface area contributed by atoms with E-state index < -0.39 is 12.3 Å². The Bertz CT molecular complexity index is 1030. The monoisotopic (exact) mass is 506 g/mol. The van der Waals surface area contributed by atoms with Crippen molar-refractivity contribution in [2.45, 2.75) is 57.2 Å². The van der Waals surface area contributed by atoms with E-state index in [2.05, 4.69) is 15.4 Å². The number of carboxylic acid groups (broad SMARTS) is 1. The molecule has 2 amide bonds. The molecule has 1 fully saturated rings. The van der Waals surface area contributed by atoms with Gasteiger partial charge in [-0.25, -0.2) is 0 Å². The van der Waals surface area contributed by atoms with Crippen molar-refractivity contribution in [1.82, 2.24) is 5.32 Å². The highest BCUT2D eigenvalue weighted by atomic mass is 19.4. The number of carbonyl (C=O) groups excluding carboxylic acids is 2. The van der Waals surface area contributed by atoms with E-state index in [4.69, 9.17) is 5.11 Å². The first-order valence-electron chi connectivity index (χ1n) is 11.8. The fourth-order valence-corrected chi connectivity index (χ4v) is 4.38. The van der Waals surface area contributed by atoms with Crippen LogP contribution in [0.1, 0.15) is 55.6 Å². The van der Waals surface area contributed by atoms with Crippen LogP contribution in [0.2, 0.25) is 0 Å². The van der Waals surface area contributed by atoms with Crippen LogP contribution in [0.15, 0.2) is 48.5 Å². The Morgan fingerprint density at radius 1 is 0.917 bits per heavy atom. The number of alkyl halides is 3. The Labute approximate surface area is 207 Å². The van der Waals surface area contributed by atoms with E-state index in [-0.39, 0.29) is 49.3 Å². The molecule has 36 heavy (non-hydrogen) atoms. The zero-order chi connectivity index (χ0) is 26.1. The number of hydrogen-bond acceptors (Lipinski definition) is 4. The minimum absolute atomic E-state index is 0.0341. The van der Waals surface area contributed by atoms with Crippen molar-refractivity contribution in [1.29, 1.82) is 0 Å². The minimum atomic E-state index is -4.77. The lowest BCUT2D eigenvalue weighted by molar-refractivity contribution is -0.274. The highest BCUT2D eigenvalue weighted by Crippen LogP contribution is 2.37. The molecule has 7 nitrogen and oxygen atoms in total. The standard InChI is InChI=1S/C26H29F3N2O5/c27-26(28,29)36-22-11-3-17(4-12-22)15-24(33)30-14-13-23(32)31-21-9-7-20(8-10-21)19-5-1-18(2-6-19)16-25(34)35/h3-4,7-12,18-19H,1-2,5-6,13-16H2,(H,30,33)(H,31,32)(H,34,35). The van der Waals surface area contributed by atoms with Crippen molar-refractivity contribution in [2.75, 3.05) is 11.9 Å². The fourth-order valence-electron chi connectivity index (χ4n) is 4.38. The third kappa shape index (κ3) is 9.24. The molecule has 0 aliphatic heterocycles. The Balaban J connectivity index is 1.35. The summed E-state index contributed by atoms with van der Waals surface area (Å²) in [5, 5.41) is 14.3. The van der Waals surface area contributed by atoms with Crippen LogP contribution in [-0.4, -0.2) is 35.8 Å². The highest BCUT2D eigenvalue weighted by Gasteiger charge is 2.31. The lowest BCUT2D eigenvalue weighted by Crippen LogP contribution is -2.28. The number of hydrogen-bond donors (Lipinski definition) is 3. The van der Waals surface area contributed by atoms with Gasteiger partial charge in [0, 0.05) is 25.1 Å². The number of nitrogens with one attached hydrogen (secondary N) is 2. The van der Waals surface area contributed by atoms with Gasteiger partial charge in [0.2, 0.25) is 11.8 Å². The molecule has 10 heteroatoms. The molecule has 0 radical (unpaired) electrons. The van der Waals surface area contributed by atoms with E-state index >= 15 is 0 Å².